The van der Waals surface area contributed by atoms with Gasteiger partial charge in [0, 0.05) is 19.7 Å². The standard InChI is InChI=1S/C10H13F3N4O/c1-17(6-2-3-18-5-6)8-4-7(14)15-9(16-8)10(11,12)13/h4,6H,2-3,5H2,1H3,(H2,14,15,16). The van der Waals surface area contributed by atoms with Gasteiger partial charge in [0.05, 0.1) is 12.6 Å². The molecule has 1 saturated heterocycles. The van der Waals surface area contributed by atoms with E-state index >= 15 is 0 Å². The van der Waals surface area contributed by atoms with Gasteiger partial charge in [-0.1, -0.05) is 0 Å². The normalized spacial score (nSPS) is 20.1. The van der Waals surface area contributed by atoms with Gasteiger partial charge in [-0.25, -0.2) is 9.97 Å². The Balaban J connectivity index is 2.29. The lowest BCUT2D eigenvalue weighted by Gasteiger charge is -2.24. The third kappa shape index (κ3) is 2.63. The molecule has 0 aromatic carbocycles. The molecule has 1 fully saturated rings. The van der Waals surface area contributed by atoms with Crippen LogP contribution in [-0.4, -0.2) is 36.3 Å². The number of anilines is 2. The van der Waals surface area contributed by atoms with Crippen LogP contribution in [0.4, 0.5) is 24.8 Å². The molecule has 100 valence electrons. The van der Waals surface area contributed by atoms with E-state index in [2.05, 4.69) is 9.97 Å². The number of hydrogen-bond acceptors (Lipinski definition) is 5. The third-order valence-electron chi connectivity index (χ3n) is 2.80. The van der Waals surface area contributed by atoms with Crippen molar-refractivity contribution in [1.29, 1.82) is 0 Å². The average Bonchev–Trinajstić information content (AvgIpc) is 2.79. The fourth-order valence-corrected chi connectivity index (χ4v) is 1.77. The van der Waals surface area contributed by atoms with Crippen molar-refractivity contribution in [3.8, 4) is 0 Å². The van der Waals surface area contributed by atoms with Gasteiger partial charge < -0.3 is 15.4 Å². The molecule has 0 radical (unpaired) electrons. The van der Waals surface area contributed by atoms with Crippen molar-refractivity contribution in [1.82, 2.24) is 9.97 Å². The topological polar surface area (TPSA) is 64.3 Å². The van der Waals surface area contributed by atoms with Gasteiger partial charge in [0.1, 0.15) is 11.6 Å². The Morgan fingerprint density at radius 2 is 2.17 bits per heavy atom. The van der Waals surface area contributed by atoms with E-state index in [1.54, 1.807) is 11.9 Å². The van der Waals surface area contributed by atoms with Crippen molar-refractivity contribution in [3.05, 3.63) is 11.9 Å². The van der Waals surface area contributed by atoms with Gasteiger partial charge in [0.25, 0.3) is 0 Å². The van der Waals surface area contributed by atoms with Gasteiger partial charge in [-0.15, -0.1) is 0 Å². The van der Waals surface area contributed by atoms with Gasteiger partial charge in [-0.2, -0.15) is 13.2 Å². The molecule has 0 saturated carbocycles. The van der Waals surface area contributed by atoms with Gasteiger partial charge in [-0.05, 0) is 6.42 Å². The van der Waals surface area contributed by atoms with E-state index in [1.807, 2.05) is 0 Å². The molecule has 0 bridgehead atoms. The number of halogens is 3. The molecule has 18 heavy (non-hydrogen) atoms. The Morgan fingerprint density at radius 3 is 2.72 bits per heavy atom. The maximum absolute atomic E-state index is 12.6. The van der Waals surface area contributed by atoms with Crippen LogP contribution in [0.5, 0.6) is 0 Å². The summed E-state index contributed by atoms with van der Waals surface area (Å²) in [6.07, 6.45) is -3.85. The molecule has 1 aliphatic rings. The quantitative estimate of drug-likeness (QED) is 0.870. The van der Waals surface area contributed by atoms with Crippen LogP contribution < -0.4 is 10.6 Å². The minimum Gasteiger partial charge on any atom is -0.384 e. The zero-order valence-electron chi connectivity index (χ0n) is 9.74. The maximum atomic E-state index is 12.6. The second-order valence-electron chi connectivity index (χ2n) is 4.10. The molecule has 0 aliphatic carbocycles. The molecule has 2 rings (SSSR count). The summed E-state index contributed by atoms with van der Waals surface area (Å²) in [6.45, 7) is 1.07. The molecular formula is C10H13F3N4O. The molecule has 5 nitrogen and oxygen atoms in total. The van der Waals surface area contributed by atoms with E-state index < -0.39 is 12.0 Å². The Kier molecular flexibility index (Phi) is 3.29. The van der Waals surface area contributed by atoms with E-state index in [4.69, 9.17) is 10.5 Å². The number of nitrogens with two attached hydrogens (primary N) is 1. The van der Waals surface area contributed by atoms with Crippen molar-refractivity contribution in [2.75, 3.05) is 30.9 Å². The Labute approximate surface area is 102 Å². The molecular weight excluding hydrogens is 249 g/mol. The number of nitrogens with zero attached hydrogens (tertiary/aromatic N) is 3. The van der Waals surface area contributed by atoms with Crippen LogP contribution in [0.1, 0.15) is 12.2 Å². The number of rotatable bonds is 2. The van der Waals surface area contributed by atoms with E-state index in [9.17, 15) is 13.2 Å². The van der Waals surface area contributed by atoms with Gasteiger partial charge in [0.15, 0.2) is 0 Å². The summed E-state index contributed by atoms with van der Waals surface area (Å²) in [5.41, 5.74) is 5.38. The lowest BCUT2D eigenvalue weighted by atomic mass is 10.2. The first-order valence-electron chi connectivity index (χ1n) is 5.40. The van der Waals surface area contributed by atoms with Crippen molar-refractivity contribution in [3.63, 3.8) is 0 Å². The van der Waals surface area contributed by atoms with Crippen LogP contribution in [0.25, 0.3) is 0 Å². The van der Waals surface area contributed by atoms with Crippen molar-refractivity contribution in [2.24, 2.45) is 0 Å². The fraction of sp³-hybridized carbons (Fsp3) is 0.600. The smallest absolute Gasteiger partial charge is 0.384 e. The Hall–Kier alpha value is -1.57. The SMILES string of the molecule is CN(c1cc(N)nc(C(F)(F)F)n1)C1CCOC1. The highest BCUT2D eigenvalue weighted by atomic mass is 19.4. The molecule has 8 heteroatoms. The largest absolute Gasteiger partial charge is 0.451 e. The molecule has 1 aromatic heterocycles. The van der Waals surface area contributed by atoms with Crippen LogP contribution in [0.2, 0.25) is 0 Å². The number of likely N-dealkylation sites (N-methyl/N-ethyl adjacent to an activating group) is 1. The predicted molar refractivity (Wildman–Crippen MR) is 59.1 cm³/mol. The molecule has 1 aliphatic heterocycles. The highest BCUT2D eigenvalue weighted by Crippen LogP contribution is 2.29. The predicted octanol–water partition coefficient (Wildman–Crippen LogP) is 1.30. The van der Waals surface area contributed by atoms with E-state index in [-0.39, 0.29) is 17.7 Å². The number of nitrogen functional groups attached to an aromatic ring is 1. The number of hydrogen-bond donors (Lipinski definition) is 1. The summed E-state index contributed by atoms with van der Waals surface area (Å²) in [6, 6.07) is 1.34. The fourth-order valence-electron chi connectivity index (χ4n) is 1.77. The van der Waals surface area contributed by atoms with E-state index in [0.717, 1.165) is 6.42 Å². The lowest BCUT2D eigenvalue weighted by molar-refractivity contribution is -0.144. The molecule has 2 heterocycles. The first-order chi connectivity index (χ1) is 8.38. The number of alkyl halides is 3. The minimum absolute atomic E-state index is 0.0142. The minimum atomic E-state index is -4.60. The van der Waals surface area contributed by atoms with Crippen LogP contribution in [0.15, 0.2) is 6.07 Å². The van der Waals surface area contributed by atoms with Crippen LogP contribution in [0, 0.1) is 0 Å². The monoisotopic (exact) mass is 262 g/mol. The van der Waals surface area contributed by atoms with Crippen LogP contribution in [-0.2, 0) is 10.9 Å². The summed E-state index contributed by atoms with van der Waals surface area (Å²) in [7, 11) is 1.67. The first kappa shape index (κ1) is 12.9. The average molecular weight is 262 g/mol. The van der Waals surface area contributed by atoms with Crippen molar-refractivity contribution in [2.45, 2.75) is 18.6 Å². The van der Waals surface area contributed by atoms with Gasteiger partial charge >= 0.3 is 6.18 Å². The molecule has 2 N–H and O–H groups in total. The summed E-state index contributed by atoms with van der Waals surface area (Å²) >= 11 is 0. The maximum Gasteiger partial charge on any atom is 0.451 e. The van der Waals surface area contributed by atoms with Gasteiger partial charge in [-0.3, -0.25) is 0 Å². The van der Waals surface area contributed by atoms with Crippen LogP contribution in [0.3, 0.4) is 0 Å². The number of ether oxygens (including phenoxy) is 1. The summed E-state index contributed by atoms with van der Waals surface area (Å²) in [5, 5.41) is 0. The second-order valence-corrected chi connectivity index (χ2v) is 4.10. The Bertz CT molecular complexity index is 432. The van der Waals surface area contributed by atoms with Crippen molar-refractivity contribution < 1.29 is 17.9 Å². The zero-order valence-corrected chi connectivity index (χ0v) is 9.74. The van der Waals surface area contributed by atoms with Crippen molar-refractivity contribution >= 4 is 11.6 Å². The summed E-state index contributed by atoms with van der Waals surface area (Å²) in [5.74, 6) is -1.26. The molecule has 0 amide bonds. The number of aromatic nitrogens is 2. The molecule has 1 aromatic rings. The van der Waals surface area contributed by atoms with Gasteiger partial charge in [0.2, 0.25) is 5.82 Å². The first-order valence-corrected chi connectivity index (χ1v) is 5.40. The van der Waals surface area contributed by atoms with E-state index in [1.165, 1.54) is 6.07 Å². The summed E-state index contributed by atoms with van der Waals surface area (Å²) < 4.78 is 42.9. The highest BCUT2D eigenvalue weighted by molar-refractivity contribution is 5.47. The highest BCUT2D eigenvalue weighted by Gasteiger charge is 2.36. The molecule has 1 unspecified atom stereocenters. The Morgan fingerprint density at radius 1 is 1.44 bits per heavy atom. The van der Waals surface area contributed by atoms with Crippen LogP contribution >= 0.6 is 0 Å². The zero-order chi connectivity index (χ0) is 13.3. The molecule has 0 spiro atoms. The summed E-state index contributed by atoms with van der Waals surface area (Å²) in [4.78, 5) is 8.34. The second kappa shape index (κ2) is 4.60. The lowest BCUT2D eigenvalue weighted by Crippen LogP contribution is -2.33. The van der Waals surface area contributed by atoms with E-state index in [0.29, 0.717) is 13.2 Å². The third-order valence-corrected chi connectivity index (χ3v) is 2.80. The molecule has 1 atom stereocenters.